The standard InChI is InChI=1S/C14H26N4O2S/c1-9(2)15-8-12-10(3)16-17-13(12)21(19,20)18-14(4,5)11-6-7-11/h9,11,15,18H,6-8H2,1-5H3,(H,16,17). The molecule has 3 N–H and O–H groups in total. The first-order chi connectivity index (χ1) is 9.63. The van der Waals surface area contributed by atoms with Crippen LogP contribution in [0, 0.1) is 12.8 Å². The molecule has 1 heterocycles. The molecule has 2 rings (SSSR count). The van der Waals surface area contributed by atoms with E-state index in [4.69, 9.17) is 0 Å². The minimum atomic E-state index is -3.61. The number of nitrogens with zero attached hydrogens (tertiary/aromatic N) is 1. The SMILES string of the molecule is Cc1[nH]nc(S(=O)(=O)NC(C)(C)C2CC2)c1CNC(C)C. The summed E-state index contributed by atoms with van der Waals surface area (Å²) in [6.07, 6.45) is 2.16. The highest BCUT2D eigenvalue weighted by atomic mass is 32.2. The van der Waals surface area contributed by atoms with Crippen LogP contribution >= 0.6 is 0 Å². The summed E-state index contributed by atoms with van der Waals surface area (Å²) < 4.78 is 28.1. The minimum Gasteiger partial charge on any atom is -0.310 e. The largest absolute Gasteiger partial charge is 0.310 e. The van der Waals surface area contributed by atoms with Crippen LogP contribution in [0.1, 0.15) is 51.8 Å². The van der Waals surface area contributed by atoms with Gasteiger partial charge in [-0.2, -0.15) is 5.10 Å². The third kappa shape index (κ3) is 3.84. The van der Waals surface area contributed by atoms with E-state index in [-0.39, 0.29) is 11.1 Å². The number of aromatic amines is 1. The highest BCUT2D eigenvalue weighted by Gasteiger charge is 2.41. The van der Waals surface area contributed by atoms with Gasteiger partial charge in [-0.15, -0.1) is 0 Å². The van der Waals surface area contributed by atoms with Crippen LogP contribution in [0.4, 0.5) is 0 Å². The lowest BCUT2D eigenvalue weighted by atomic mass is 10.0. The van der Waals surface area contributed by atoms with Crippen molar-refractivity contribution in [1.82, 2.24) is 20.2 Å². The lowest BCUT2D eigenvalue weighted by molar-refractivity contribution is 0.399. The second-order valence-corrected chi connectivity index (χ2v) is 8.37. The van der Waals surface area contributed by atoms with Gasteiger partial charge in [0.1, 0.15) is 0 Å². The minimum absolute atomic E-state index is 0.113. The topological polar surface area (TPSA) is 86.9 Å². The second kappa shape index (κ2) is 5.70. The molecule has 0 aliphatic heterocycles. The smallest absolute Gasteiger partial charge is 0.260 e. The summed E-state index contributed by atoms with van der Waals surface area (Å²) in [6.45, 7) is 10.3. The molecule has 0 aromatic carbocycles. The van der Waals surface area contributed by atoms with Gasteiger partial charge < -0.3 is 5.32 Å². The molecule has 1 aliphatic rings. The van der Waals surface area contributed by atoms with Crippen molar-refractivity contribution in [1.29, 1.82) is 0 Å². The zero-order valence-electron chi connectivity index (χ0n) is 13.4. The van der Waals surface area contributed by atoms with Crippen LogP contribution in [0.2, 0.25) is 0 Å². The van der Waals surface area contributed by atoms with Gasteiger partial charge in [0.05, 0.1) is 0 Å². The van der Waals surface area contributed by atoms with Crippen molar-refractivity contribution in [2.24, 2.45) is 5.92 Å². The zero-order chi connectivity index (χ0) is 15.8. The van der Waals surface area contributed by atoms with E-state index in [0.29, 0.717) is 18.0 Å². The van der Waals surface area contributed by atoms with E-state index in [9.17, 15) is 8.42 Å². The fourth-order valence-corrected chi connectivity index (χ4v) is 4.12. The van der Waals surface area contributed by atoms with Gasteiger partial charge >= 0.3 is 0 Å². The number of aromatic nitrogens is 2. The maximum atomic E-state index is 12.6. The van der Waals surface area contributed by atoms with Crippen LogP contribution in [0.25, 0.3) is 0 Å². The number of sulfonamides is 1. The molecule has 0 unspecified atom stereocenters. The van der Waals surface area contributed by atoms with Crippen LogP contribution in [0.15, 0.2) is 5.03 Å². The van der Waals surface area contributed by atoms with E-state index in [2.05, 4.69) is 20.2 Å². The normalized spacial score (nSPS) is 16.7. The van der Waals surface area contributed by atoms with Crippen molar-refractivity contribution in [2.75, 3.05) is 0 Å². The van der Waals surface area contributed by atoms with E-state index in [0.717, 1.165) is 18.5 Å². The van der Waals surface area contributed by atoms with Gasteiger partial charge in [-0.1, -0.05) is 13.8 Å². The van der Waals surface area contributed by atoms with Crippen LogP contribution in [-0.2, 0) is 16.6 Å². The number of hydrogen-bond acceptors (Lipinski definition) is 4. The number of hydrogen-bond donors (Lipinski definition) is 3. The predicted octanol–water partition coefficient (Wildman–Crippen LogP) is 1.68. The number of rotatable bonds is 7. The third-order valence-electron chi connectivity index (χ3n) is 3.97. The Balaban J connectivity index is 2.23. The molecular weight excluding hydrogens is 288 g/mol. The monoisotopic (exact) mass is 314 g/mol. The van der Waals surface area contributed by atoms with Crippen LogP contribution in [-0.4, -0.2) is 30.2 Å². The van der Waals surface area contributed by atoms with Crippen molar-refractivity contribution in [3.05, 3.63) is 11.3 Å². The zero-order valence-corrected chi connectivity index (χ0v) is 14.3. The van der Waals surface area contributed by atoms with Gasteiger partial charge in [0, 0.05) is 29.4 Å². The summed E-state index contributed by atoms with van der Waals surface area (Å²) >= 11 is 0. The van der Waals surface area contributed by atoms with Crippen LogP contribution in [0.5, 0.6) is 0 Å². The summed E-state index contributed by atoms with van der Waals surface area (Å²) in [5.41, 5.74) is 1.07. The summed E-state index contributed by atoms with van der Waals surface area (Å²) in [4.78, 5) is 0. The Labute approximate surface area is 127 Å². The lowest BCUT2D eigenvalue weighted by Crippen LogP contribution is -2.45. The first kappa shape index (κ1) is 16.5. The molecule has 6 nitrogen and oxygen atoms in total. The van der Waals surface area contributed by atoms with E-state index >= 15 is 0 Å². The quantitative estimate of drug-likeness (QED) is 0.714. The van der Waals surface area contributed by atoms with Crippen molar-refractivity contribution >= 4 is 10.0 Å². The van der Waals surface area contributed by atoms with E-state index in [1.807, 2.05) is 34.6 Å². The average Bonchev–Trinajstić information content (AvgIpc) is 3.10. The van der Waals surface area contributed by atoms with E-state index < -0.39 is 15.6 Å². The lowest BCUT2D eigenvalue weighted by Gasteiger charge is -2.25. The molecule has 0 spiro atoms. The Hall–Kier alpha value is -0.920. The average molecular weight is 314 g/mol. The van der Waals surface area contributed by atoms with Crippen LogP contribution in [0.3, 0.4) is 0 Å². The first-order valence-corrected chi connectivity index (χ1v) is 8.93. The van der Waals surface area contributed by atoms with E-state index in [1.54, 1.807) is 0 Å². The summed E-state index contributed by atoms with van der Waals surface area (Å²) in [7, 11) is -3.61. The second-order valence-electron chi connectivity index (χ2n) is 6.77. The maximum Gasteiger partial charge on any atom is 0.260 e. The molecule has 0 radical (unpaired) electrons. The highest BCUT2D eigenvalue weighted by Crippen LogP contribution is 2.40. The third-order valence-corrected chi connectivity index (χ3v) is 5.61. The molecule has 1 saturated carbocycles. The maximum absolute atomic E-state index is 12.6. The fourth-order valence-electron chi connectivity index (χ4n) is 2.45. The Bertz CT molecular complexity index is 600. The van der Waals surface area contributed by atoms with Gasteiger partial charge in [0.25, 0.3) is 10.0 Å². The van der Waals surface area contributed by atoms with E-state index in [1.165, 1.54) is 0 Å². The predicted molar refractivity (Wildman–Crippen MR) is 82.4 cm³/mol. The number of aryl methyl sites for hydroxylation is 1. The fraction of sp³-hybridized carbons (Fsp3) is 0.786. The Kier molecular flexibility index (Phi) is 4.46. The molecule has 21 heavy (non-hydrogen) atoms. The molecule has 0 bridgehead atoms. The molecule has 0 atom stereocenters. The highest BCUT2D eigenvalue weighted by molar-refractivity contribution is 7.89. The van der Waals surface area contributed by atoms with Crippen molar-refractivity contribution in [2.45, 2.75) is 70.6 Å². The summed E-state index contributed by atoms with van der Waals surface area (Å²) in [5, 5.41) is 10.2. The molecule has 1 fully saturated rings. The Morgan fingerprint density at radius 1 is 1.38 bits per heavy atom. The summed E-state index contributed by atoms with van der Waals surface area (Å²) in [5.74, 6) is 0.421. The summed E-state index contributed by atoms with van der Waals surface area (Å²) in [6, 6.07) is 0.283. The molecule has 1 aromatic heterocycles. The molecule has 0 amide bonds. The van der Waals surface area contributed by atoms with Crippen LogP contribution < -0.4 is 10.0 Å². The molecular formula is C14H26N4O2S. The van der Waals surface area contributed by atoms with Crippen molar-refractivity contribution < 1.29 is 8.42 Å². The molecule has 120 valence electrons. The Morgan fingerprint density at radius 3 is 2.52 bits per heavy atom. The Morgan fingerprint density at radius 2 is 2.00 bits per heavy atom. The number of H-pyrrole nitrogens is 1. The molecule has 7 heteroatoms. The van der Waals surface area contributed by atoms with Gasteiger partial charge in [0.2, 0.25) is 0 Å². The molecule has 0 saturated heterocycles. The van der Waals surface area contributed by atoms with Gasteiger partial charge in [0.15, 0.2) is 5.03 Å². The van der Waals surface area contributed by atoms with Crippen molar-refractivity contribution in [3.8, 4) is 0 Å². The van der Waals surface area contributed by atoms with Gasteiger partial charge in [-0.3, -0.25) is 5.10 Å². The van der Waals surface area contributed by atoms with Crippen molar-refractivity contribution in [3.63, 3.8) is 0 Å². The van der Waals surface area contributed by atoms with Gasteiger partial charge in [-0.25, -0.2) is 13.1 Å². The first-order valence-electron chi connectivity index (χ1n) is 7.44. The van der Waals surface area contributed by atoms with Gasteiger partial charge in [-0.05, 0) is 39.5 Å². The number of nitrogens with one attached hydrogen (secondary N) is 3. The molecule has 1 aromatic rings. The molecule has 1 aliphatic carbocycles.